The van der Waals surface area contributed by atoms with Crippen molar-refractivity contribution in [3.8, 4) is 23.3 Å². The third-order valence-corrected chi connectivity index (χ3v) is 5.85. The molecule has 4 heterocycles. The molecule has 4 rings (SSSR count). The SMILES string of the molecule is Cc1ccc(-c2ncccn2)c(C(=O)N2C[C@H](C)CCC2COc2ccc(C#N)c(C)n2)n1. The Morgan fingerprint density at radius 1 is 1.15 bits per heavy atom. The lowest BCUT2D eigenvalue weighted by Crippen LogP contribution is -2.49. The molecule has 1 aliphatic rings. The van der Waals surface area contributed by atoms with Gasteiger partial charge in [0.2, 0.25) is 5.88 Å². The quantitative estimate of drug-likeness (QED) is 0.593. The van der Waals surface area contributed by atoms with Crippen molar-refractivity contribution < 1.29 is 9.53 Å². The second-order valence-electron chi connectivity index (χ2n) is 8.42. The van der Waals surface area contributed by atoms with Crippen molar-refractivity contribution in [1.29, 1.82) is 5.26 Å². The number of rotatable bonds is 5. The van der Waals surface area contributed by atoms with Gasteiger partial charge in [0, 0.05) is 30.7 Å². The second kappa shape index (κ2) is 9.74. The van der Waals surface area contributed by atoms with Crippen LogP contribution in [-0.4, -0.2) is 49.9 Å². The minimum Gasteiger partial charge on any atom is -0.475 e. The summed E-state index contributed by atoms with van der Waals surface area (Å²) in [6.07, 6.45) is 5.14. The Morgan fingerprint density at radius 3 is 2.67 bits per heavy atom. The molecule has 2 atom stereocenters. The normalized spacial score (nSPS) is 17.9. The van der Waals surface area contributed by atoms with Crippen molar-refractivity contribution in [3.05, 3.63) is 65.4 Å². The van der Waals surface area contributed by atoms with Crippen LogP contribution in [0.3, 0.4) is 0 Å². The number of piperidine rings is 1. The number of hydrogen-bond acceptors (Lipinski definition) is 7. The van der Waals surface area contributed by atoms with Crippen LogP contribution < -0.4 is 4.74 Å². The van der Waals surface area contributed by atoms with Crippen molar-refractivity contribution in [2.45, 2.75) is 39.7 Å². The van der Waals surface area contributed by atoms with E-state index in [0.29, 0.717) is 53.3 Å². The van der Waals surface area contributed by atoms with Gasteiger partial charge >= 0.3 is 0 Å². The number of ether oxygens (including phenoxy) is 1. The molecule has 8 heteroatoms. The van der Waals surface area contributed by atoms with Gasteiger partial charge in [0.15, 0.2) is 5.82 Å². The summed E-state index contributed by atoms with van der Waals surface area (Å²) in [6, 6.07) is 10.8. The maximum absolute atomic E-state index is 13.8. The molecule has 0 bridgehead atoms. The van der Waals surface area contributed by atoms with Crippen molar-refractivity contribution >= 4 is 5.91 Å². The van der Waals surface area contributed by atoms with Gasteiger partial charge in [0.05, 0.1) is 22.9 Å². The molecule has 0 aliphatic carbocycles. The molecule has 1 saturated heterocycles. The van der Waals surface area contributed by atoms with Crippen LogP contribution in [0.15, 0.2) is 42.7 Å². The topological polar surface area (TPSA) is 105 Å². The fourth-order valence-corrected chi connectivity index (χ4v) is 4.02. The van der Waals surface area contributed by atoms with Crippen molar-refractivity contribution in [2.24, 2.45) is 5.92 Å². The third kappa shape index (κ3) is 4.98. The molecule has 1 fully saturated rings. The van der Waals surface area contributed by atoms with Gasteiger partial charge < -0.3 is 9.64 Å². The molecular formula is C25H26N6O2. The van der Waals surface area contributed by atoms with Gasteiger partial charge in [-0.1, -0.05) is 6.92 Å². The number of aryl methyl sites for hydroxylation is 2. The first-order valence-electron chi connectivity index (χ1n) is 11.0. The summed E-state index contributed by atoms with van der Waals surface area (Å²) in [7, 11) is 0. The van der Waals surface area contributed by atoms with E-state index < -0.39 is 0 Å². The maximum atomic E-state index is 13.8. The molecule has 1 unspecified atom stereocenters. The van der Waals surface area contributed by atoms with Crippen LogP contribution >= 0.6 is 0 Å². The first-order valence-corrected chi connectivity index (χ1v) is 11.0. The molecule has 33 heavy (non-hydrogen) atoms. The van der Waals surface area contributed by atoms with Crippen LogP contribution in [0.1, 0.15) is 47.2 Å². The molecule has 0 aromatic carbocycles. The highest BCUT2D eigenvalue weighted by Gasteiger charge is 2.33. The van der Waals surface area contributed by atoms with E-state index in [1.54, 1.807) is 37.5 Å². The number of carbonyl (C=O) groups is 1. The number of amides is 1. The van der Waals surface area contributed by atoms with Gasteiger partial charge in [0.1, 0.15) is 18.4 Å². The monoisotopic (exact) mass is 442 g/mol. The largest absolute Gasteiger partial charge is 0.475 e. The van der Waals surface area contributed by atoms with E-state index >= 15 is 0 Å². The van der Waals surface area contributed by atoms with E-state index in [2.05, 4.69) is 32.9 Å². The van der Waals surface area contributed by atoms with Crippen molar-refractivity contribution in [3.63, 3.8) is 0 Å². The maximum Gasteiger partial charge on any atom is 0.273 e. The molecule has 168 valence electrons. The number of carbonyl (C=O) groups excluding carboxylic acids is 1. The average molecular weight is 443 g/mol. The highest BCUT2D eigenvalue weighted by molar-refractivity contribution is 5.98. The summed E-state index contributed by atoms with van der Waals surface area (Å²) in [5.41, 5.74) is 2.87. The zero-order chi connectivity index (χ0) is 23.4. The number of hydrogen-bond donors (Lipinski definition) is 0. The predicted molar refractivity (Wildman–Crippen MR) is 122 cm³/mol. The molecule has 0 N–H and O–H groups in total. The smallest absolute Gasteiger partial charge is 0.273 e. The highest BCUT2D eigenvalue weighted by atomic mass is 16.5. The van der Waals surface area contributed by atoms with Gasteiger partial charge in [0.25, 0.3) is 5.91 Å². The van der Waals surface area contributed by atoms with Crippen LogP contribution in [0.2, 0.25) is 0 Å². The summed E-state index contributed by atoms with van der Waals surface area (Å²) < 4.78 is 5.96. The molecule has 1 aliphatic heterocycles. The standard InChI is InChI=1S/C25H26N6O2/c1-16-5-8-20(15-33-22-10-7-19(13-26)18(3)30-22)31(14-16)25(32)23-21(9-6-17(2)29-23)24-27-11-4-12-28-24/h4,6-7,9-12,16,20H,5,8,14-15H2,1-3H3/t16-,20?/m1/s1. The number of likely N-dealkylation sites (tertiary alicyclic amines) is 1. The number of aromatic nitrogens is 4. The molecule has 8 nitrogen and oxygen atoms in total. The first-order chi connectivity index (χ1) is 16.0. The van der Waals surface area contributed by atoms with Gasteiger partial charge in [-0.2, -0.15) is 5.26 Å². The summed E-state index contributed by atoms with van der Waals surface area (Å²) in [5.74, 6) is 1.15. The Hall–Kier alpha value is -3.86. The lowest BCUT2D eigenvalue weighted by molar-refractivity contribution is 0.0439. The summed E-state index contributed by atoms with van der Waals surface area (Å²) in [6.45, 7) is 6.73. The van der Waals surface area contributed by atoms with Crippen LogP contribution in [-0.2, 0) is 0 Å². The van der Waals surface area contributed by atoms with E-state index in [1.165, 1.54) is 0 Å². The predicted octanol–water partition coefficient (Wildman–Crippen LogP) is 3.74. The molecule has 0 radical (unpaired) electrons. The molecular weight excluding hydrogens is 416 g/mol. The summed E-state index contributed by atoms with van der Waals surface area (Å²) in [5, 5.41) is 9.11. The van der Waals surface area contributed by atoms with Crippen molar-refractivity contribution in [2.75, 3.05) is 13.2 Å². The average Bonchev–Trinajstić information content (AvgIpc) is 2.83. The van der Waals surface area contributed by atoms with Gasteiger partial charge in [-0.25, -0.2) is 19.9 Å². The van der Waals surface area contributed by atoms with E-state index in [0.717, 1.165) is 18.5 Å². The summed E-state index contributed by atoms with van der Waals surface area (Å²) >= 11 is 0. The first kappa shape index (κ1) is 22.3. The molecule has 3 aromatic heterocycles. The second-order valence-corrected chi connectivity index (χ2v) is 8.42. The van der Waals surface area contributed by atoms with Crippen LogP contribution in [0.4, 0.5) is 0 Å². The van der Waals surface area contributed by atoms with Crippen LogP contribution in [0, 0.1) is 31.1 Å². The Kier molecular flexibility index (Phi) is 6.59. The molecule has 1 amide bonds. The summed E-state index contributed by atoms with van der Waals surface area (Å²) in [4.78, 5) is 33.2. The van der Waals surface area contributed by atoms with E-state index in [9.17, 15) is 4.79 Å². The molecule has 0 saturated carbocycles. The van der Waals surface area contributed by atoms with Crippen LogP contribution in [0.25, 0.3) is 11.4 Å². The zero-order valence-corrected chi connectivity index (χ0v) is 19.0. The minimum atomic E-state index is -0.148. The Morgan fingerprint density at radius 2 is 1.94 bits per heavy atom. The lowest BCUT2D eigenvalue weighted by atomic mass is 9.93. The number of nitrogens with zero attached hydrogens (tertiary/aromatic N) is 6. The molecule has 3 aromatic rings. The molecule has 0 spiro atoms. The van der Waals surface area contributed by atoms with E-state index in [1.807, 2.05) is 24.0 Å². The zero-order valence-electron chi connectivity index (χ0n) is 19.0. The van der Waals surface area contributed by atoms with Crippen molar-refractivity contribution in [1.82, 2.24) is 24.8 Å². The Balaban J connectivity index is 1.59. The lowest BCUT2D eigenvalue weighted by Gasteiger charge is -2.38. The highest BCUT2D eigenvalue weighted by Crippen LogP contribution is 2.27. The van der Waals surface area contributed by atoms with Gasteiger partial charge in [-0.05, 0) is 56.9 Å². The Bertz CT molecular complexity index is 1190. The van der Waals surface area contributed by atoms with E-state index in [-0.39, 0.29) is 11.9 Å². The van der Waals surface area contributed by atoms with Gasteiger partial charge in [-0.3, -0.25) is 4.79 Å². The Labute approximate surface area is 193 Å². The number of pyridine rings is 2. The van der Waals surface area contributed by atoms with Gasteiger partial charge in [-0.15, -0.1) is 0 Å². The van der Waals surface area contributed by atoms with E-state index in [4.69, 9.17) is 10.00 Å². The number of nitriles is 1. The third-order valence-electron chi connectivity index (χ3n) is 5.85. The minimum absolute atomic E-state index is 0.113. The fraction of sp³-hybridized carbons (Fsp3) is 0.360. The fourth-order valence-electron chi connectivity index (χ4n) is 4.02. The van der Waals surface area contributed by atoms with Crippen LogP contribution in [0.5, 0.6) is 5.88 Å².